The summed E-state index contributed by atoms with van der Waals surface area (Å²) in [5, 5.41) is 1.02. The number of H-pyrrole nitrogens is 1. The van der Waals surface area contributed by atoms with Crippen molar-refractivity contribution in [2.24, 2.45) is 0 Å². The van der Waals surface area contributed by atoms with Gasteiger partial charge in [0.15, 0.2) is 5.78 Å². The fraction of sp³-hybridized carbons (Fsp3) is 0.167. The van der Waals surface area contributed by atoms with E-state index in [0.29, 0.717) is 6.42 Å². The Balaban J connectivity index is 1.75. The molecule has 2 heteroatoms. The minimum Gasteiger partial charge on any atom is -0.360 e. The summed E-state index contributed by atoms with van der Waals surface area (Å²) in [7, 11) is 0. The zero-order valence-corrected chi connectivity index (χ0v) is 11.5. The zero-order valence-electron chi connectivity index (χ0n) is 11.5. The number of para-hydroxylation sites is 1. The number of aromatic nitrogens is 1. The Labute approximate surface area is 118 Å². The second-order valence-electron chi connectivity index (χ2n) is 5.16. The van der Waals surface area contributed by atoms with E-state index in [9.17, 15) is 4.79 Å². The standard InChI is InChI=1S/C18H17NO/c1-13-6-8-14(9-7-13)10-11-18(20)16-12-19-17-5-3-2-4-15(16)17/h2-9,12,19H,10-11H2,1H3. The molecule has 100 valence electrons. The van der Waals surface area contributed by atoms with Crippen molar-refractivity contribution in [1.82, 2.24) is 4.98 Å². The number of hydrogen-bond donors (Lipinski definition) is 1. The summed E-state index contributed by atoms with van der Waals surface area (Å²) in [6, 6.07) is 16.3. The van der Waals surface area contributed by atoms with Crippen LogP contribution in [-0.4, -0.2) is 10.8 Å². The zero-order chi connectivity index (χ0) is 13.9. The molecule has 0 spiro atoms. The number of carbonyl (C=O) groups is 1. The summed E-state index contributed by atoms with van der Waals surface area (Å²) in [6.07, 6.45) is 3.16. The van der Waals surface area contributed by atoms with E-state index in [4.69, 9.17) is 0 Å². The topological polar surface area (TPSA) is 32.9 Å². The van der Waals surface area contributed by atoms with E-state index in [1.165, 1.54) is 11.1 Å². The molecular formula is C18H17NO. The normalized spacial score (nSPS) is 10.8. The largest absolute Gasteiger partial charge is 0.360 e. The molecule has 0 amide bonds. The van der Waals surface area contributed by atoms with Crippen LogP contribution in [0.3, 0.4) is 0 Å². The number of fused-ring (bicyclic) bond motifs is 1. The molecule has 0 saturated heterocycles. The molecule has 1 heterocycles. The Kier molecular flexibility index (Phi) is 3.38. The monoisotopic (exact) mass is 263 g/mol. The first kappa shape index (κ1) is 12.7. The highest BCUT2D eigenvalue weighted by Gasteiger charge is 2.11. The smallest absolute Gasteiger partial charge is 0.165 e. The van der Waals surface area contributed by atoms with Gasteiger partial charge in [0.25, 0.3) is 0 Å². The Bertz CT molecular complexity index is 737. The maximum absolute atomic E-state index is 12.3. The third-order valence-corrected chi connectivity index (χ3v) is 3.65. The summed E-state index contributed by atoms with van der Waals surface area (Å²) in [5.41, 5.74) is 4.28. The van der Waals surface area contributed by atoms with Crippen LogP contribution in [0, 0.1) is 6.92 Å². The van der Waals surface area contributed by atoms with Crippen LogP contribution in [0.5, 0.6) is 0 Å². The first-order valence-electron chi connectivity index (χ1n) is 6.89. The number of aryl methyl sites for hydroxylation is 2. The second kappa shape index (κ2) is 5.33. The SMILES string of the molecule is Cc1ccc(CCC(=O)c2c[nH]c3ccccc23)cc1. The third-order valence-electron chi connectivity index (χ3n) is 3.65. The summed E-state index contributed by atoms with van der Waals surface area (Å²) >= 11 is 0. The van der Waals surface area contributed by atoms with Crippen LogP contribution >= 0.6 is 0 Å². The molecule has 3 aromatic rings. The van der Waals surface area contributed by atoms with Gasteiger partial charge in [-0.3, -0.25) is 4.79 Å². The number of hydrogen-bond acceptors (Lipinski definition) is 1. The average molecular weight is 263 g/mol. The van der Waals surface area contributed by atoms with E-state index in [1.54, 1.807) is 0 Å². The van der Waals surface area contributed by atoms with Gasteiger partial charge in [0.1, 0.15) is 0 Å². The number of carbonyl (C=O) groups excluding carboxylic acids is 1. The quantitative estimate of drug-likeness (QED) is 0.700. The van der Waals surface area contributed by atoms with Crippen LogP contribution in [0.2, 0.25) is 0 Å². The molecule has 0 saturated carbocycles. The van der Waals surface area contributed by atoms with E-state index < -0.39 is 0 Å². The average Bonchev–Trinajstić information content (AvgIpc) is 2.90. The first-order chi connectivity index (χ1) is 9.74. The van der Waals surface area contributed by atoms with Crippen LogP contribution in [-0.2, 0) is 6.42 Å². The molecular weight excluding hydrogens is 246 g/mol. The van der Waals surface area contributed by atoms with E-state index in [2.05, 4.69) is 36.2 Å². The van der Waals surface area contributed by atoms with Crippen LogP contribution in [0.15, 0.2) is 54.7 Å². The number of rotatable bonds is 4. The Hall–Kier alpha value is -2.35. The van der Waals surface area contributed by atoms with Gasteiger partial charge in [0, 0.05) is 29.1 Å². The molecule has 0 bridgehead atoms. The minimum atomic E-state index is 0.197. The van der Waals surface area contributed by atoms with Gasteiger partial charge in [-0.05, 0) is 25.0 Å². The predicted molar refractivity (Wildman–Crippen MR) is 82.1 cm³/mol. The minimum absolute atomic E-state index is 0.197. The van der Waals surface area contributed by atoms with E-state index in [1.807, 2.05) is 30.5 Å². The molecule has 3 rings (SSSR count). The van der Waals surface area contributed by atoms with Gasteiger partial charge >= 0.3 is 0 Å². The van der Waals surface area contributed by atoms with Crippen molar-refractivity contribution in [3.05, 3.63) is 71.4 Å². The molecule has 0 aliphatic carbocycles. The Morgan fingerprint density at radius 3 is 2.60 bits per heavy atom. The van der Waals surface area contributed by atoms with Gasteiger partial charge in [0.05, 0.1) is 0 Å². The van der Waals surface area contributed by atoms with Crippen molar-refractivity contribution in [3.63, 3.8) is 0 Å². The molecule has 20 heavy (non-hydrogen) atoms. The maximum atomic E-state index is 12.3. The highest BCUT2D eigenvalue weighted by atomic mass is 16.1. The van der Waals surface area contributed by atoms with Crippen LogP contribution in [0.25, 0.3) is 10.9 Å². The van der Waals surface area contributed by atoms with Crippen LogP contribution in [0.4, 0.5) is 0 Å². The highest BCUT2D eigenvalue weighted by Crippen LogP contribution is 2.20. The molecule has 0 atom stereocenters. The molecule has 0 unspecified atom stereocenters. The number of ketones is 1. The molecule has 1 N–H and O–H groups in total. The number of aromatic amines is 1. The Morgan fingerprint density at radius 2 is 1.80 bits per heavy atom. The molecule has 1 aromatic heterocycles. The fourth-order valence-electron chi connectivity index (χ4n) is 2.45. The van der Waals surface area contributed by atoms with Gasteiger partial charge in [0.2, 0.25) is 0 Å². The van der Waals surface area contributed by atoms with E-state index >= 15 is 0 Å². The van der Waals surface area contributed by atoms with Crippen molar-refractivity contribution in [2.45, 2.75) is 19.8 Å². The third kappa shape index (κ3) is 2.50. The van der Waals surface area contributed by atoms with E-state index in [-0.39, 0.29) is 5.78 Å². The lowest BCUT2D eigenvalue weighted by atomic mass is 10.0. The maximum Gasteiger partial charge on any atom is 0.165 e. The molecule has 0 aliphatic heterocycles. The molecule has 2 aromatic carbocycles. The summed E-state index contributed by atoms with van der Waals surface area (Å²) in [5.74, 6) is 0.197. The van der Waals surface area contributed by atoms with Crippen LogP contribution < -0.4 is 0 Å². The fourth-order valence-corrected chi connectivity index (χ4v) is 2.45. The molecule has 0 aliphatic rings. The molecule has 2 nitrogen and oxygen atoms in total. The van der Waals surface area contributed by atoms with E-state index in [0.717, 1.165) is 22.9 Å². The summed E-state index contributed by atoms with van der Waals surface area (Å²) in [6.45, 7) is 2.07. The van der Waals surface area contributed by atoms with Crippen molar-refractivity contribution in [1.29, 1.82) is 0 Å². The lowest BCUT2D eigenvalue weighted by molar-refractivity contribution is 0.0984. The number of benzene rings is 2. The predicted octanol–water partition coefficient (Wildman–Crippen LogP) is 4.29. The second-order valence-corrected chi connectivity index (χ2v) is 5.16. The van der Waals surface area contributed by atoms with Crippen molar-refractivity contribution < 1.29 is 4.79 Å². The van der Waals surface area contributed by atoms with Crippen molar-refractivity contribution in [2.75, 3.05) is 0 Å². The van der Waals surface area contributed by atoms with Crippen LogP contribution in [0.1, 0.15) is 27.9 Å². The lowest BCUT2D eigenvalue weighted by Gasteiger charge is -2.02. The van der Waals surface area contributed by atoms with Crippen molar-refractivity contribution in [3.8, 4) is 0 Å². The van der Waals surface area contributed by atoms with Gasteiger partial charge in [-0.1, -0.05) is 48.0 Å². The van der Waals surface area contributed by atoms with Gasteiger partial charge in [-0.25, -0.2) is 0 Å². The lowest BCUT2D eigenvalue weighted by Crippen LogP contribution is -2.00. The Morgan fingerprint density at radius 1 is 1.05 bits per heavy atom. The van der Waals surface area contributed by atoms with Crippen molar-refractivity contribution >= 4 is 16.7 Å². The number of Topliss-reactive ketones (excluding diaryl/α,β-unsaturated/α-hetero) is 1. The van der Waals surface area contributed by atoms with Gasteiger partial charge < -0.3 is 4.98 Å². The molecule has 0 fully saturated rings. The summed E-state index contributed by atoms with van der Waals surface area (Å²) < 4.78 is 0. The van der Waals surface area contributed by atoms with Gasteiger partial charge in [-0.2, -0.15) is 0 Å². The number of nitrogens with one attached hydrogen (secondary N) is 1. The first-order valence-corrected chi connectivity index (χ1v) is 6.89. The van der Waals surface area contributed by atoms with Gasteiger partial charge in [-0.15, -0.1) is 0 Å². The highest BCUT2D eigenvalue weighted by molar-refractivity contribution is 6.07. The summed E-state index contributed by atoms with van der Waals surface area (Å²) in [4.78, 5) is 15.5. The molecule has 0 radical (unpaired) electrons.